The summed E-state index contributed by atoms with van der Waals surface area (Å²) in [6.07, 6.45) is 0. The molecule has 0 saturated carbocycles. The summed E-state index contributed by atoms with van der Waals surface area (Å²) >= 11 is 6.24. The minimum Gasteiger partial charge on any atom is -0.436 e. The molecule has 3 nitrogen and oxygen atoms in total. The number of nitrogens with one attached hydrogen (secondary N) is 1. The maximum atomic E-state index is 6.24. The summed E-state index contributed by atoms with van der Waals surface area (Å²) < 4.78 is 5.75. The number of aryl methyl sites for hydroxylation is 1. The maximum absolute atomic E-state index is 6.24. The molecule has 0 unspecified atom stereocenters. The molecule has 0 spiro atoms. The van der Waals surface area contributed by atoms with E-state index in [2.05, 4.69) is 10.3 Å². The van der Waals surface area contributed by atoms with Gasteiger partial charge in [0.05, 0.1) is 10.6 Å². The third-order valence-corrected chi connectivity index (χ3v) is 3.34. The predicted molar refractivity (Wildman–Crippen MR) is 78.7 cm³/mol. The molecule has 4 heteroatoms. The van der Waals surface area contributed by atoms with E-state index in [4.69, 9.17) is 16.0 Å². The average molecular weight is 273 g/mol. The molecule has 2 aromatic carbocycles. The van der Waals surface area contributed by atoms with Crippen LogP contribution in [-0.4, -0.2) is 12.0 Å². The van der Waals surface area contributed by atoms with E-state index in [1.165, 1.54) is 0 Å². The van der Waals surface area contributed by atoms with Crippen LogP contribution in [0.25, 0.3) is 22.6 Å². The number of hydrogen-bond donors (Lipinski definition) is 1. The van der Waals surface area contributed by atoms with Crippen LogP contribution in [0.4, 0.5) is 5.69 Å². The monoisotopic (exact) mass is 272 g/mol. The van der Waals surface area contributed by atoms with Gasteiger partial charge < -0.3 is 9.73 Å². The Morgan fingerprint density at radius 2 is 2.00 bits per heavy atom. The molecule has 1 N–H and O–H groups in total. The zero-order chi connectivity index (χ0) is 13.4. The molecule has 0 bridgehead atoms. The van der Waals surface area contributed by atoms with Crippen molar-refractivity contribution < 1.29 is 4.42 Å². The number of benzene rings is 2. The van der Waals surface area contributed by atoms with Crippen LogP contribution in [0.5, 0.6) is 0 Å². The largest absolute Gasteiger partial charge is 0.436 e. The number of anilines is 1. The van der Waals surface area contributed by atoms with Crippen LogP contribution >= 0.6 is 11.6 Å². The molecule has 1 aromatic heterocycles. The predicted octanol–water partition coefficient (Wildman–Crippen LogP) is 4.50. The number of hydrogen-bond acceptors (Lipinski definition) is 3. The lowest BCUT2D eigenvalue weighted by molar-refractivity contribution is 0.620. The Morgan fingerprint density at radius 3 is 2.74 bits per heavy atom. The summed E-state index contributed by atoms with van der Waals surface area (Å²) in [5, 5.41) is 3.73. The molecule has 0 saturated heterocycles. The number of rotatable bonds is 2. The third-order valence-electron chi connectivity index (χ3n) is 3.03. The van der Waals surface area contributed by atoms with Crippen LogP contribution in [-0.2, 0) is 0 Å². The molecule has 0 aliphatic carbocycles. The van der Waals surface area contributed by atoms with E-state index >= 15 is 0 Å². The summed E-state index contributed by atoms with van der Waals surface area (Å²) in [6.45, 7) is 2.00. The van der Waals surface area contributed by atoms with Gasteiger partial charge in [0, 0.05) is 12.7 Å². The Labute approximate surface area is 116 Å². The van der Waals surface area contributed by atoms with Gasteiger partial charge in [-0.05, 0) is 42.8 Å². The van der Waals surface area contributed by atoms with Crippen LogP contribution < -0.4 is 5.32 Å². The van der Waals surface area contributed by atoms with E-state index in [-0.39, 0.29) is 0 Å². The van der Waals surface area contributed by atoms with Crippen molar-refractivity contribution in [2.45, 2.75) is 6.92 Å². The number of halogens is 1. The highest BCUT2D eigenvalue weighted by atomic mass is 35.5. The van der Waals surface area contributed by atoms with E-state index in [1.54, 1.807) is 0 Å². The van der Waals surface area contributed by atoms with Gasteiger partial charge in [0.25, 0.3) is 0 Å². The second-order valence-electron chi connectivity index (χ2n) is 4.43. The lowest BCUT2D eigenvalue weighted by atomic mass is 10.1. The fourth-order valence-electron chi connectivity index (χ4n) is 1.99. The molecule has 19 heavy (non-hydrogen) atoms. The normalized spacial score (nSPS) is 10.9. The molecule has 0 fully saturated rings. The lowest BCUT2D eigenvalue weighted by Crippen LogP contribution is -1.86. The zero-order valence-electron chi connectivity index (χ0n) is 10.7. The third kappa shape index (κ3) is 2.17. The van der Waals surface area contributed by atoms with Crippen LogP contribution in [0, 0.1) is 6.92 Å². The number of aromatic nitrogens is 1. The zero-order valence-corrected chi connectivity index (χ0v) is 11.5. The summed E-state index contributed by atoms with van der Waals surface area (Å²) in [6, 6.07) is 11.6. The summed E-state index contributed by atoms with van der Waals surface area (Å²) in [5.74, 6) is 0.549. The Hall–Kier alpha value is -2.00. The van der Waals surface area contributed by atoms with E-state index in [9.17, 15) is 0 Å². The van der Waals surface area contributed by atoms with Crippen molar-refractivity contribution in [1.29, 1.82) is 0 Å². The number of fused-ring (bicyclic) bond motifs is 1. The molecule has 0 atom stereocenters. The van der Waals surface area contributed by atoms with Crippen LogP contribution in [0.1, 0.15) is 5.56 Å². The van der Waals surface area contributed by atoms with E-state index in [1.807, 2.05) is 50.4 Å². The van der Waals surface area contributed by atoms with Crippen molar-refractivity contribution >= 4 is 28.4 Å². The Bertz CT molecular complexity index is 749. The first-order chi connectivity index (χ1) is 9.17. The van der Waals surface area contributed by atoms with Crippen molar-refractivity contribution in [3.63, 3.8) is 0 Å². The highest BCUT2D eigenvalue weighted by molar-refractivity contribution is 6.33. The van der Waals surface area contributed by atoms with Crippen molar-refractivity contribution in [2.24, 2.45) is 0 Å². The molecule has 0 aliphatic heterocycles. The molecule has 0 aliphatic rings. The van der Waals surface area contributed by atoms with Gasteiger partial charge in [-0.15, -0.1) is 0 Å². The maximum Gasteiger partial charge on any atom is 0.228 e. The molecule has 1 heterocycles. The average Bonchev–Trinajstić information content (AvgIpc) is 2.80. The smallest absolute Gasteiger partial charge is 0.228 e. The summed E-state index contributed by atoms with van der Waals surface area (Å²) in [7, 11) is 1.87. The van der Waals surface area contributed by atoms with Crippen molar-refractivity contribution in [3.05, 3.63) is 47.0 Å². The Balaban J connectivity index is 2.14. The Morgan fingerprint density at radius 1 is 1.16 bits per heavy atom. The first-order valence-corrected chi connectivity index (χ1v) is 6.40. The lowest BCUT2D eigenvalue weighted by Gasteiger charge is -2.00. The number of nitrogens with zero attached hydrogens (tertiary/aromatic N) is 1. The first kappa shape index (κ1) is 12.1. The standard InChI is InChI=1S/C15H13ClN2O/c1-9-3-5-11(12(16)7-9)15-18-13-8-10(17-2)4-6-14(13)19-15/h3-8,17H,1-2H3. The van der Waals surface area contributed by atoms with Gasteiger partial charge in [-0.3, -0.25) is 0 Å². The molecular formula is C15H13ClN2O. The Kier molecular flexibility index (Phi) is 2.91. The minimum absolute atomic E-state index is 0.549. The molecule has 0 amide bonds. The highest BCUT2D eigenvalue weighted by Crippen LogP contribution is 2.31. The topological polar surface area (TPSA) is 38.1 Å². The van der Waals surface area contributed by atoms with Gasteiger partial charge in [0.1, 0.15) is 5.52 Å². The van der Waals surface area contributed by atoms with E-state index in [0.29, 0.717) is 10.9 Å². The van der Waals surface area contributed by atoms with E-state index in [0.717, 1.165) is 27.9 Å². The van der Waals surface area contributed by atoms with Crippen molar-refractivity contribution in [2.75, 3.05) is 12.4 Å². The first-order valence-electron chi connectivity index (χ1n) is 6.02. The van der Waals surface area contributed by atoms with Crippen LogP contribution in [0.3, 0.4) is 0 Å². The molecule has 0 radical (unpaired) electrons. The summed E-state index contributed by atoms with van der Waals surface area (Å²) in [4.78, 5) is 4.49. The fraction of sp³-hybridized carbons (Fsp3) is 0.133. The van der Waals surface area contributed by atoms with Gasteiger partial charge >= 0.3 is 0 Å². The van der Waals surface area contributed by atoms with Gasteiger partial charge in [0.15, 0.2) is 5.58 Å². The van der Waals surface area contributed by atoms with Gasteiger partial charge in [-0.1, -0.05) is 17.7 Å². The van der Waals surface area contributed by atoms with E-state index < -0.39 is 0 Å². The fourth-order valence-corrected chi connectivity index (χ4v) is 2.31. The second kappa shape index (κ2) is 4.59. The quantitative estimate of drug-likeness (QED) is 0.746. The SMILES string of the molecule is CNc1ccc2oc(-c3ccc(C)cc3Cl)nc2c1. The molecule has 96 valence electrons. The summed E-state index contributed by atoms with van der Waals surface area (Å²) in [5.41, 5.74) is 4.50. The van der Waals surface area contributed by atoms with Gasteiger partial charge in [-0.2, -0.15) is 0 Å². The minimum atomic E-state index is 0.549. The van der Waals surface area contributed by atoms with Crippen molar-refractivity contribution in [3.8, 4) is 11.5 Å². The highest BCUT2D eigenvalue weighted by Gasteiger charge is 2.11. The molecule has 3 aromatic rings. The second-order valence-corrected chi connectivity index (χ2v) is 4.84. The number of oxazole rings is 1. The van der Waals surface area contributed by atoms with Crippen LogP contribution in [0.15, 0.2) is 40.8 Å². The molecule has 3 rings (SSSR count). The van der Waals surface area contributed by atoms with Gasteiger partial charge in [0.2, 0.25) is 5.89 Å². The van der Waals surface area contributed by atoms with Gasteiger partial charge in [-0.25, -0.2) is 4.98 Å². The van der Waals surface area contributed by atoms with Crippen molar-refractivity contribution in [1.82, 2.24) is 4.98 Å². The van der Waals surface area contributed by atoms with Crippen LogP contribution in [0.2, 0.25) is 5.02 Å². The molecular weight excluding hydrogens is 260 g/mol.